The van der Waals surface area contributed by atoms with Crippen LogP contribution in [-0.2, 0) is 12.7 Å². The highest BCUT2D eigenvalue weighted by Gasteiger charge is 2.31. The number of pyridine rings is 1. The van der Waals surface area contributed by atoms with Crippen LogP contribution in [0.2, 0.25) is 0 Å². The van der Waals surface area contributed by atoms with E-state index in [0.717, 1.165) is 10.6 Å². The van der Waals surface area contributed by atoms with E-state index in [1.54, 1.807) is 0 Å². The highest BCUT2D eigenvalue weighted by Crippen LogP contribution is 2.27. The Morgan fingerprint density at radius 2 is 2.06 bits per heavy atom. The minimum absolute atomic E-state index is 0.122. The van der Waals surface area contributed by atoms with Crippen LogP contribution in [0, 0.1) is 0 Å². The van der Waals surface area contributed by atoms with Crippen molar-refractivity contribution in [2.45, 2.75) is 18.8 Å². The van der Waals surface area contributed by atoms with E-state index in [1.165, 1.54) is 0 Å². The van der Waals surface area contributed by atoms with Crippen LogP contribution >= 0.6 is 0 Å². The molecule has 0 aliphatic heterocycles. The van der Waals surface area contributed by atoms with Crippen LogP contribution in [0.4, 0.5) is 13.2 Å². The summed E-state index contributed by atoms with van der Waals surface area (Å²) < 4.78 is 37.7. The zero-order valence-electron chi connectivity index (χ0n) is 8.24. The summed E-state index contributed by atoms with van der Waals surface area (Å²) in [5.74, 6) is 0. The van der Waals surface area contributed by atoms with Gasteiger partial charge in [-0.25, -0.2) is 0 Å². The van der Waals surface area contributed by atoms with E-state index >= 15 is 0 Å². The molecule has 0 aromatic carbocycles. The number of aliphatic hydroxyl groups excluding tert-OH is 1. The minimum Gasteiger partial charge on any atom is -0.390 e. The second-order valence-electron chi connectivity index (χ2n) is 3.30. The Balaban J connectivity index is 3.05. The maximum Gasteiger partial charge on any atom is 0.417 e. The summed E-state index contributed by atoms with van der Waals surface area (Å²) in [4.78, 5) is 11.2. The molecule has 1 atom stereocenters. The van der Waals surface area contributed by atoms with Crippen LogP contribution in [0.5, 0.6) is 0 Å². The lowest BCUT2D eigenvalue weighted by Crippen LogP contribution is -2.31. The number of nitrogens with two attached hydrogens (primary N) is 1. The van der Waals surface area contributed by atoms with E-state index in [1.807, 2.05) is 0 Å². The van der Waals surface area contributed by atoms with Gasteiger partial charge in [0.1, 0.15) is 0 Å². The first-order valence-electron chi connectivity index (χ1n) is 4.50. The van der Waals surface area contributed by atoms with Gasteiger partial charge in [0.15, 0.2) is 0 Å². The van der Waals surface area contributed by atoms with E-state index in [4.69, 9.17) is 10.8 Å². The van der Waals surface area contributed by atoms with Crippen LogP contribution in [-0.4, -0.2) is 22.3 Å². The van der Waals surface area contributed by atoms with E-state index in [0.29, 0.717) is 12.3 Å². The van der Waals surface area contributed by atoms with Crippen molar-refractivity contribution in [2.75, 3.05) is 6.54 Å². The van der Waals surface area contributed by atoms with Gasteiger partial charge in [-0.05, 0) is 6.07 Å². The Labute approximate surface area is 89.1 Å². The molecule has 1 heterocycles. The van der Waals surface area contributed by atoms with Crippen LogP contribution in [0.3, 0.4) is 0 Å². The third kappa shape index (κ3) is 3.07. The summed E-state index contributed by atoms with van der Waals surface area (Å²) in [6, 6.07) is 1.51. The van der Waals surface area contributed by atoms with Crippen molar-refractivity contribution < 1.29 is 18.3 Å². The monoisotopic (exact) mass is 236 g/mol. The van der Waals surface area contributed by atoms with Crippen molar-refractivity contribution in [2.24, 2.45) is 5.73 Å². The van der Waals surface area contributed by atoms with Crippen molar-refractivity contribution in [3.05, 3.63) is 34.2 Å². The predicted octanol–water partition coefficient (Wildman–Crippen LogP) is 0.187. The van der Waals surface area contributed by atoms with Gasteiger partial charge in [0.05, 0.1) is 18.2 Å². The van der Waals surface area contributed by atoms with Gasteiger partial charge in [-0.3, -0.25) is 4.79 Å². The number of rotatable bonds is 3. The lowest BCUT2D eigenvalue weighted by atomic mass is 10.2. The van der Waals surface area contributed by atoms with Crippen molar-refractivity contribution >= 4 is 0 Å². The molecule has 0 bridgehead atoms. The van der Waals surface area contributed by atoms with Gasteiger partial charge in [-0.1, -0.05) is 0 Å². The van der Waals surface area contributed by atoms with Crippen molar-refractivity contribution in [1.29, 1.82) is 0 Å². The average molecular weight is 236 g/mol. The van der Waals surface area contributed by atoms with Crippen molar-refractivity contribution in [3.63, 3.8) is 0 Å². The fraction of sp³-hybridized carbons (Fsp3) is 0.444. The standard InChI is InChI=1S/C9H11F3N2O2/c10-9(11,12)6-1-2-8(16)14(4-6)5-7(15)3-13/h1-2,4,7,15H,3,5,13H2. The summed E-state index contributed by atoms with van der Waals surface area (Å²) in [5.41, 5.74) is 3.56. The lowest BCUT2D eigenvalue weighted by Gasteiger charge is -2.13. The van der Waals surface area contributed by atoms with Gasteiger partial charge < -0.3 is 15.4 Å². The molecule has 1 rings (SSSR count). The molecule has 7 heteroatoms. The Morgan fingerprint density at radius 3 is 2.56 bits per heavy atom. The van der Waals surface area contributed by atoms with E-state index < -0.39 is 23.4 Å². The molecule has 1 unspecified atom stereocenters. The molecule has 90 valence electrons. The first kappa shape index (κ1) is 12.7. The third-order valence-corrected chi connectivity index (χ3v) is 1.99. The van der Waals surface area contributed by atoms with Gasteiger partial charge in [0.25, 0.3) is 5.56 Å². The number of halogens is 3. The Morgan fingerprint density at radius 1 is 1.44 bits per heavy atom. The maximum absolute atomic E-state index is 12.3. The zero-order valence-corrected chi connectivity index (χ0v) is 8.24. The summed E-state index contributed by atoms with van der Waals surface area (Å²) in [7, 11) is 0. The maximum atomic E-state index is 12.3. The van der Waals surface area contributed by atoms with Crippen LogP contribution in [0.25, 0.3) is 0 Å². The van der Waals surface area contributed by atoms with Gasteiger partial charge in [-0.15, -0.1) is 0 Å². The molecular formula is C9H11F3N2O2. The molecule has 1 aromatic heterocycles. The van der Waals surface area contributed by atoms with Gasteiger partial charge in [0.2, 0.25) is 0 Å². The SMILES string of the molecule is NCC(O)Cn1cc(C(F)(F)F)ccc1=O. The smallest absolute Gasteiger partial charge is 0.390 e. The molecule has 0 saturated heterocycles. The molecule has 0 spiro atoms. The van der Waals surface area contributed by atoms with E-state index in [2.05, 4.69) is 0 Å². The van der Waals surface area contributed by atoms with Crippen LogP contribution in [0.1, 0.15) is 5.56 Å². The van der Waals surface area contributed by atoms with Crippen LogP contribution < -0.4 is 11.3 Å². The average Bonchev–Trinajstić information content (AvgIpc) is 2.19. The number of nitrogens with zero attached hydrogens (tertiary/aromatic N) is 1. The normalized spacial score (nSPS) is 13.8. The fourth-order valence-electron chi connectivity index (χ4n) is 1.14. The number of alkyl halides is 3. The first-order valence-corrected chi connectivity index (χ1v) is 4.50. The number of aromatic nitrogens is 1. The minimum atomic E-state index is -4.51. The Kier molecular flexibility index (Phi) is 3.71. The van der Waals surface area contributed by atoms with Gasteiger partial charge in [0, 0.05) is 18.8 Å². The Hall–Kier alpha value is -1.34. The molecule has 16 heavy (non-hydrogen) atoms. The highest BCUT2D eigenvalue weighted by atomic mass is 19.4. The molecule has 0 amide bonds. The lowest BCUT2D eigenvalue weighted by molar-refractivity contribution is -0.138. The summed E-state index contributed by atoms with van der Waals surface area (Å²) in [6.07, 6.45) is -4.88. The number of aliphatic hydroxyl groups is 1. The molecule has 3 N–H and O–H groups in total. The predicted molar refractivity (Wildman–Crippen MR) is 50.8 cm³/mol. The number of hydrogen-bond donors (Lipinski definition) is 2. The number of hydrogen-bond acceptors (Lipinski definition) is 3. The van der Waals surface area contributed by atoms with E-state index in [9.17, 15) is 18.0 Å². The molecular weight excluding hydrogens is 225 g/mol. The van der Waals surface area contributed by atoms with Gasteiger partial charge >= 0.3 is 6.18 Å². The van der Waals surface area contributed by atoms with Crippen molar-refractivity contribution in [3.8, 4) is 0 Å². The molecule has 0 fully saturated rings. The third-order valence-electron chi connectivity index (χ3n) is 1.99. The molecule has 0 aliphatic carbocycles. The molecule has 0 aliphatic rings. The molecule has 4 nitrogen and oxygen atoms in total. The van der Waals surface area contributed by atoms with Gasteiger partial charge in [-0.2, -0.15) is 13.2 Å². The second-order valence-corrected chi connectivity index (χ2v) is 3.30. The van der Waals surface area contributed by atoms with E-state index in [-0.39, 0.29) is 13.1 Å². The first-order chi connectivity index (χ1) is 7.34. The second kappa shape index (κ2) is 4.67. The van der Waals surface area contributed by atoms with Crippen molar-refractivity contribution in [1.82, 2.24) is 4.57 Å². The molecule has 1 aromatic rings. The highest BCUT2D eigenvalue weighted by molar-refractivity contribution is 5.13. The Bertz CT molecular complexity index is 414. The quantitative estimate of drug-likeness (QED) is 0.787. The topological polar surface area (TPSA) is 68.2 Å². The zero-order chi connectivity index (χ0) is 12.3. The molecule has 0 saturated carbocycles. The van der Waals surface area contributed by atoms with Crippen LogP contribution in [0.15, 0.2) is 23.1 Å². The fourth-order valence-corrected chi connectivity index (χ4v) is 1.14. The summed E-state index contributed by atoms with van der Waals surface area (Å²) in [6.45, 7) is -0.373. The summed E-state index contributed by atoms with van der Waals surface area (Å²) >= 11 is 0. The largest absolute Gasteiger partial charge is 0.417 e. The molecule has 0 radical (unpaired) electrons. The summed E-state index contributed by atoms with van der Waals surface area (Å²) in [5, 5.41) is 9.16.